The Hall–Kier alpha value is -1.22. The highest BCUT2D eigenvalue weighted by Gasteiger charge is 2.05. The van der Waals surface area contributed by atoms with Crippen molar-refractivity contribution in [3.05, 3.63) is 24.3 Å². The van der Waals surface area contributed by atoms with Gasteiger partial charge < -0.3 is 14.8 Å². The molecule has 0 aromatic heterocycles. The van der Waals surface area contributed by atoms with Crippen LogP contribution in [0.1, 0.15) is 13.8 Å². The van der Waals surface area contributed by atoms with Gasteiger partial charge in [-0.2, -0.15) is 0 Å². The summed E-state index contributed by atoms with van der Waals surface area (Å²) in [5.74, 6) is 2.09. The van der Waals surface area contributed by atoms with Crippen LogP contribution in [0.25, 0.3) is 0 Å². The molecule has 0 amide bonds. The van der Waals surface area contributed by atoms with E-state index in [4.69, 9.17) is 9.47 Å². The molecule has 90 valence electrons. The van der Waals surface area contributed by atoms with E-state index in [-0.39, 0.29) is 0 Å². The number of nitrogens with one attached hydrogen (secondary N) is 1. The molecule has 0 fully saturated rings. The van der Waals surface area contributed by atoms with Gasteiger partial charge >= 0.3 is 0 Å². The van der Waals surface area contributed by atoms with Crippen molar-refractivity contribution in [3.8, 4) is 11.5 Å². The molecule has 0 radical (unpaired) electrons. The van der Waals surface area contributed by atoms with Crippen LogP contribution >= 0.6 is 0 Å². The molecule has 1 atom stereocenters. The number of methoxy groups -OCH3 is 1. The minimum atomic E-state index is 0.491. The predicted molar refractivity (Wildman–Crippen MR) is 66.2 cm³/mol. The van der Waals surface area contributed by atoms with Crippen LogP contribution in [-0.4, -0.2) is 26.8 Å². The molecule has 0 spiro atoms. The summed E-state index contributed by atoms with van der Waals surface area (Å²) in [5, 5.41) is 3.30. The largest absolute Gasteiger partial charge is 0.493 e. The lowest BCUT2D eigenvalue weighted by Gasteiger charge is -2.15. The Balaban J connectivity index is 2.41. The topological polar surface area (TPSA) is 30.5 Å². The van der Waals surface area contributed by atoms with Crippen molar-refractivity contribution in [1.29, 1.82) is 0 Å². The third-order valence-electron chi connectivity index (χ3n) is 2.34. The molecule has 1 N–H and O–H groups in total. The number of para-hydroxylation sites is 2. The van der Waals surface area contributed by atoms with Gasteiger partial charge in [0.1, 0.15) is 0 Å². The maximum Gasteiger partial charge on any atom is 0.161 e. The first kappa shape index (κ1) is 12.8. The van der Waals surface area contributed by atoms with Crippen molar-refractivity contribution in [2.45, 2.75) is 13.8 Å². The molecule has 1 rings (SSSR count). The Labute approximate surface area is 97.8 Å². The molecule has 0 saturated carbocycles. The van der Waals surface area contributed by atoms with E-state index in [1.165, 1.54) is 0 Å². The monoisotopic (exact) mass is 223 g/mol. The van der Waals surface area contributed by atoms with Crippen LogP contribution in [0.15, 0.2) is 24.3 Å². The highest BCUT2D eigenvalue weighted by Crippen LogP contribution is 2.25. The smallest absolute Gasteiger partial charge is 0.161 e. The van der Waals surface area contributed by atoms with E-state index in [9.17, 15) is 0 Å². The van der Waals surface area contributed by atoms with Crippen LogP contribution in [0, 0.1) is 5.92 Å². The molecule has 0 bridgehead atoms. The Bertz CT molecular complexity index is 302. The lowest BCUT2D eigenvalue weighted by molar-refractivity contribution is 0.244. The molecule has 1 aromatic carbocycles. The number of hydrogen-bond acceptors (Lipinski definition) is 3. The van der Waals surface area contributed by atoms with Crippen LogP contribution in [0.2, 0.25) is 0 Å². The number of ether oxygens (including phenoxy) is 2. The maximum atomic E-state index is 5.72. The zero-order valence-electron chi connectivity index (χ0n) is 10.3. The highest BCUT2D eigenvalue weighted by molar-refractivity contribution is 5.39. The van der Waals surface area contributed by atoms with E-state index in [1.54, 1.807) is 7.11 Å². The molecule has 0 heterocycles. The molecule has 0 aliphatic carbocycles. The normalized spacial score (nSPS) is 12.2. The number of hydrogen-bond donors (Lipinski definition) is 1. The van der Waals surface area contributed by atoms with E-state index in [0.717, 1.165) is 24.6 Å². The van der Waals surface area contributed by atoms with Gasteiger partial charge in [-0.05, 0) is 18.7 Å². The summed E-state index contributed by atoms with van der Waals surface area (Å²) in [5.41, 5.74) is 0. The van der Waals surface area contributed by atoms with Gasteiger partial charge in [-0.3, -0.25) is 0 Å². The molecule has 0 saturated heterocycles. The fourth-order valence-corrected chi connectivity index (χ4v) is 1.42. The summed E-state index contributed by atoms with van der Waals surface area (Å²) < 4.78 is 10.9. The first-order chi connectivity index (χ1) is 7.77. The van der Waals surface area contributed by atoms with Gasteiger partial charge in [-0.25, -0.2) is 0 Å². The summed E-state index contributed by atoms with van der Waals surface area (Å²) in [6.07, 6.45) is 0. The van der Waals surface area contributed by atoms with Crippen molar-refractivity contribution in [3.63, 3.8) is 0 Å². The molecule has 3 nitrogen and oxygen atoms in total. The van der Waals surface area contributed by atoms with Crippen molar-refractivity contribution < 1.29 is 9.47 Å². The molecular formula is C13H21NO2. The van der Waals surface area contributed by atoms with Gasteiger partial charge in [0, 0.05) is 12.5 Å². The average molecular weight is 223 g/mol. The summed E-state index contributed by atoms with van der Waals surface area (Å²) in [6.45, 7) is 6.95. The van der Waals surface area contributed by atoms with Crippen molar-refractivity contribution in [2.75, 3.05) is 26.8 Å². The second-order valence-electron chi connectivity index (χ2n) is 3.87. The lowest BCUT2D eigenvalue weighted by atomic mass is 10.2. The minimum Gasteiger partial charge on any atom is -0.493 e. The predicted octanol–water partition coefficient (Wildman–Crippen LogP) is 2.32. The maximum absolute atomic E-state index is 5.72. The zero-order valence-corrected chi connectivity index (χ0v) is 10.3. The fraction of sp³-hybridized carbons (Fsp3) is 0.538. The molecule has 0 aliphatic rings. The van der Waals surface area contributed by atoms with Crippen LogP contribution in [-0.2, 0) is 0 Å². The van der Waals surface area contributed by atoms with E-state index >= 15 is 0 Å². The Morgan fingerprint density at radius 3 is 2.56 bits per heavy atom. The van der Waals surface area contributed by atoms with E-state index < -0.39 is 0 Å². The van der Waals surface area contributed by atoms with Crippen LogP contribution in [0.4, 0.5) is 0 Å². The summed E-state index contributed by atoms with van der Waals surface area (Å²) in [6, 6.07) is 7.73. The van der Waals surface area contributed by atoms with Crippen LogP contribution < -0.4 is 14.8 Å². The summed E-state index contributed by atoms with van der Waals surface area (Å²) in [7, 11) is 1.66. The zero-order chi connectivity index (χ0) is 11.8. The first-order valence-corrected chi connectivity index (χ1v) is 5.74. The van der Waals surface area contributed by atoms with Crippen molar-refractivity contribution in [1.82, 2.24) is 5.32 Å². The Kier molecular flexibility index (Phi) is 5.72. The Morgan fingerprint density at radius 2 is 1.94 bits per heavy atom. The van der Waals surface area contributed by atoms with Crippen molar-refractivity contribution >= 4 is 0 Å². The summed E-state index contributed by atoms with van der Waals surface area (Å²) in [4.78, 5) is 0. The second kappa shape index (κ2) is 7.12. The number of rotatable bonds is 7. The van der Waals surface area contributed by atoms with Gasteiger partial charge in [-0.1, -0.05) is 26.0 Å². The standard InChI is InChI=1S/C13H21NO2/c1-4-14-9-11(2)10-16-13-8-6-5-7-12(13)15-3/h5-8,11,14H,4,9-10H2,1-3H3. The lowest BCUT2D eigenvalue weighted by Crippen LogP contribution is -2.24. The van der Waals surface area contributed by atoms with Gasteiger partial charge in [0.2, 0.25) is 0 Å². The average Bonchev–Trinajstić information content (AvgIpc) is 2.34. The highest BCUT2D eigenvalue weighted by atomic mass is 16.5. The summed E-state index contributed by atoms with van der Waals surface area (Å²) >= 11 is 0. The van der Waals surface area contributed by atoms with Gasteiger partial charge in [-0.15, -0.1) is 0 Å². The first-order valence-electron chi connectivity index (χ1n) is 5.74. The molecule has 1 unspecified atom stereocenters. The molecule has 16 heavy (non-hydrogen) atoms. The molecular weight excluding hydrogens is 202 g/mol. The second-order valence-corrected chi connectivity index (χ2v) is 3.87. The molecule has 3 heteroatoms. The van der Waals surface area contributed by atoms with Crippen LogP contribution in [0.5, 0.6) is 11.5 Å². The Morgan fingerprint density at radius 1 is 1.25 bits per heavy atom. The minimum absolute atomic E-state index is 0.491. The third kappa shape index (κ3) is 4.11. The van der Waals surface area contributed by atoms with E-state index in [2.05, 4.69) is 19.2 Å². The van der Waals surface area contributed by atoms with Gasteiger partial charge in [0.15, 0.2) is 11.5 Å². The molecule has 1 aromatic rings. The van der Waals surface area contributed by atoms with Crippen LogP contribution in [0.3, 0.4) is 0 Å². The van der Waals surface area contributed by atoms with Gasteiger partial charge in [0.05, 0.1) is 13.7 Å². The van der Waals surface area contributed by atoms with E-state index in [0.29, 0.717) is 12.5 Å². The molecule has 0 aliphatic heterocycles. The third-order valence-corrected chi connectivity index (χ3v) is 2.34. The van der Waals surface area contributed by atoms with Crippen molar-refractivity contribution in [2.24, 2.45) is 5.92 Å². The number of benzene rings is 1. The fourth-order valence-electron chi connectivity index (χ4n) is 1.42. The quantitative estimate of drug-likeness (QED) is 0.769. The SMILES string of the molecule is CCNCC(C)COc1ccccc1OC. The van der Waals surface area contributed by atoms with E-state index in [1.807, 2.05) is 24.3 Å². The van der Waals surface area contributed by atoms with Gasteiger partial charge in [0.25, 0.3) is 0 Å².